The number of aromatic nitrogens is 1. The zero-order valence-corrected chi connectivity index (χ0v) is 13.4. The van der Waals surface area contributed by atoms with E-state index in [4.69, 9.17) is 9.47 Å². The van der Waals surface area contributed by atoms with E-state index in [-0.39, 0.29) is 12.3 Å². The number of esters is 1. The maximum absolute atomic E-state index is 13.9. The van der Waals surface area contributed by atoms with E-state index < -0.39 is 11.8 Å². The number of aromatic amines is 1. The van der Waals surface area contributed by atoms with Gasteiger partial charge in [0.05, 0.1) is 24.9 Å². The molecule has 0 saturated heterocycles. The molecule has 6 heteroatoms. The van der Waals surface area contributed by atoms with Gasteiger partial charge in [-0.2, -0.15) is 0 Å². The summed E-state index contributed by atoms with van der Waals surface area (Å²) < 4.78 is 24.1. The van der Waals surface area contributed by atoms with Crippen LogP contribution in [0.15, 0.2) is 42.5 Å². The lowest BCUT2D eigenvalue weighted by Gasteiger charge is -2.09. The minimum atomic E-state index is -0.471. The van der Waals surface area contributed by atoms with Crippen molar-refractivity contribution in [3.8, 4) is 5.75 Å². The Balaban J connectivity index is 2.01. The summed E-state index contributed by atoms with van der Waals surface area (Å²) in [6, 6.07) is 11.7. The van der Waals surface area contributed by atoms with Gasteiger partial charge >= 0.3 is 5.97 Å². The van der Waals surface area contributed by atoms with E-state index in [1.165, 1.54) is 12.1 Å². The highest BCUT2D eigenvalue weighted by molar-refractivity contribution is 6.00. The van der Waals surface area contributed by atoms with Crippen LogP contribution in [0.25, 0.3) is 10.9 Å². The number of H-pyrrole nitrogens is 1. The molecule has 0 saturated carbocycles. The molecule has 0 spiro atoms. The molecule has 0 radical (unpaired) electrons. The van der Waals surface area contributed by atoms with E-state index in [1.54, 1.807) is 26.2 Å². The van der Waals surface area contributed by atoms with Crippen molar-refractivity contribution in [2.24, 2.45) is 0 Å². The summed E-state index contributed by atoms with van der Waals surface area (Å²) in [5.74, 6) is -0.194. The van der Waals surface area contributed by atoms with Gasteiger partial charge in [-0.25, -0.2) is 9.18 Å². The predicted molar refractivity (Wildman–Crippen MR) is 90.5 cm³/mol. The van der Waals surface area contributed by atoms with Crippen LogP contribution in [0.5, 0.6) is 5.75 Å². The monoisotopic (exact) mass is 328 g/mol. The second kappa shape index (κ2) is 6.62. The van der Waals surface area contributed by atoms with Crippen molar-refractivity contribution in [2.45, 2.75) is 6.92 Å². The van der Waals surface area contributed by atoms with E-state index in [2.05, 4.69) is 10.3 Å². The minimum Gasteiger partial charge on any atom is -0.497 e. The molecule has 0 bridgehead atoms. The number of halogens is 1. The molecule has 24 heavy (non-hydrogen) atoms. The second-order valence-electron chi connectivity index (χ2n) is 5.18. The molecule has 124 valence electrons. The summed E-state index contributed by atoms with van der Waals surface area (Å²) >= 11 is 0. The van der Waals surface area contributed by atoms with Crippen molar-refractivity contribution < 1.29 is 18.7 Å². The quantitative estimate of drug-likeness (QED) is 0.688. The van der Waals surface area contributed by atoms with Crippen LogP contribution < -0.4 is 10.1 Å². The summed E-state index contributed by atoms with van der Waals surface area (Å²) in [5, 5.41) is 3.85. The highest BCUT2D eigenvalue weighted by atomic mass is 19.1. The van der Waals surface area contributed by atoms with Gasteiger partial charge in [-0.05, 0) is 37.3 Å². The van der Waals surface area contributed by atoms with Crippen molar-refractivity contribution in [3.63, 3.8) is 0 Å². The number of hydrogen-bond acceptors (Lipinski definition) is 4. The molecule has 0 amide bonds. The van der Waals surface area contributed by atoms with Gasteiger partial charge in [-0.15, -0.1) is 0 Å². The third kappa shape index (κ3) is 3.17. The maximum atomic E-state index is 13.9. The van der Waals surface area contributed by atoms with Crippen LogP contribution in [0.2, 0.25) is 0 Å². The molecule has 5 nitrogen and oxygen atoms in total. The van der Waals surface area contributed by atoms with Crippen LogP contribution >= 0.6 is 0 Å². The van der Waals surface area contributed by atoms with Gasteiger partial charge in [0.1, 0.15) is 17.3 Å². The standard InChI is InChI=1S/C18H17FN2O3/c1-3-24-18(22)17-10-14-15(7-11(19)8-16(14)21-17)20-12-5-4-6-13(9-12)23-2/h4-10,20-21H,3H2,1-2H3. The molecular formula is C18H17FN2O3. The number of benzene rings is 2. The number of carbonyl (C=O) groups excluding carboxylic acids is 1. The first-order valence-electron chi connectivity index (χ1n) is 7.51. The van der Waals surface area contributed by atoms with Crippen LogP contribution in [0.1, 0.15) is 17.4 Å². The summed E-state index contributed by atoms with van der Waals surface area (Å²) in [7, 11) is 1.58. The van der Waals surface area contributed by atoms with Crippen molar-refractivity contribution in [1.29, 1.82) is 0 Å². The van der Waals surface area contributed by atoms with Crippen LogP contribution in [0.3, 0.4) is 0 Å². The number of carbonyl (C=O) groups is 1. The van der Waals surface area contributed by atoms with Gasteiger partial charge in [0.25, 0.3) is 0 Å². The van der Waals surface area contributed by atoms with Crippen molar-refractivity contribution >= 4 is 28.2 Å². The van der Waals surface area contributed by atoms with Gasteiger partial charge in [0, 0.05) is 17.1 Å². The number of fused-ring (bicyclic) bond motifs is 1. The van der Waals surface area contributed by atoms with Gasteiger partial charge in [-0.3, -0.25) is 0 Å². The molecule has 3 rings (SSSR count). The molecule has 3 aromatic rings. The van der Waals surface area contributed by atoms with E-state index in [9.17, 15) is 9.18 Å². The van der Waals surface area contributed by atoms with E-state index >= 15 is 0 Å². The number of hydrogen-bond donors (Lipinski definition) is 2. The predicted octanol–water partition coefficient (Wildman–Crippen LogP) is 4.24. The average molecular weight is 328 g/mol. The summed E-state index contributed by atoms with van der Waals surface area (Å²) in [5.41, 5.74) is 2.10. The van der Waals surface area contributed by atoms with Gasteiger partial charge in [0.2, 0.25) is 0 Å². The molecule has 2 N–H and O–H groups in total. The van der Waals surface area contributed by atoms with Crippen LogP contribution in [0.4, 0.5) is 15.8 Å². The largest absolute Gasteiger partial charge is 0.497 e. The third-order valence-corrected chi connectivity index (χ3v) is 3.55. The van der Waals surface area contributed by atoms with Gasteiger partial charge < -0.3 is 19.8 Å². The Morgan fingerprint density at radius 1 is 1.25 bits per heavy atom. The fraction of sp³-hybridized carbons (Fsp3) is 0.167. The SMILES string of the molecule is CCOC(=O)c1cc2c(Nc3cccc(OC)c3)cc(F)cc2[nH]1. The molecule has 1 aromatic heterocycles. The molecule has 0 aliphatic carbocycles. The fourth-order valence-electron chi connectivity index (χ4n) is 2.48. The first-order chi connectivity index (χ1) is 11.6. The van der Waals surface area contributed by atoms with Crippen molar-refractivity contribution in [1.82, 2.24) is 4.98 Å². The van der Waals surface area contributed by atoms with Gasteiger partial charge in [0.15, 0.2) is 0 Å². The molecule has 0 aliphatic heterocycles. The number of methoxy groups -OCH3 is 1. The summed E-state index contributed by atoms with van der Waals surface area (Å²) in [6.45, 7) is 2.01. The Kier molecular flexibility index (Phi) is 4.37. The Hall–Kier alpha value is -3.02. The van der Waals surface area contributed by atoms with E-state index in [0.717, 1.165) is 5.69 Å². The van der Waals surface area contributed by atoms with E-state index in [1.807, 2.05) is 18.2 Å². The lowest BCUT2D eigenvalue weighted by molar-refractivity contribution is 0.0520. The summed E-state index contributed by atoms with van der Waals surface area (Å²) in [6.07, 6.45) is 0. The molecule has 2 aromatic carbocycles. The third-order valence-electron chi connectivity index (χ3n) is 3.55. The molecule has 1 heterocycles. The highest BCUT2D eigenvalue weighted by Gasteiger charge is 2.14. The average Bonchev–Trinajstić information content (AvgIpc) is 2.99. The molecule has 0 unspecified atom stereocenters. The minimum absolute atomic E-state index is 0.275. The highest BCUT2D eigenvalue weighted by Crippen LogP contribution is 2.30. The van der Waals surface area contributed by atoms with Crippen molar-refractivity contribution in [2.75, 3.05) is 19.0 Å². The molecule has 0 atom stereocenters. The maximum Gasteiger partial charge on any atom is 0.354 e. The number of ether oxygens (including phenoxy) is 2. The topological polar surface area (TPSA) is 63.4 Å². The van der Waals surface area contributed by atoms with E-state index in [0.29, 0.717) is 22.3 Å². The molecular weight excluding hydrogens is 311 g/mol. The second-order valence-corrected chi connectivity index (χ2v) is 5.18. The Labute approximate surface area is 138 Å². The zero-order chi connectivity index (χ0) is 17.1. The zero-order valence-electron chi connectivity index (χ0n) is 13.4. The van der Waals surface area contributed by atoms with Crippen molar-refractivity contribution in [3.05, 3.63) is 54.0 Å². The van der Waals surface area contributed by atoms with Gasteiger partial charge in [-0.1, -0.05) is 6.07 Å². The Morgan fingerprint density at radius 2 is 2.08 bits per heavy atom. The number of rotatable bonds is 5. The summed E-state index contributed by atoms with van der Waals surface area (Å²) in [4.78, 5) is 14.8. The molecule has 0 fully saturated rings. The Morgan fingerprint density at radius 3 is 2.83 bits per heavy atom. The Bertz CT molecular complexity index is 889. The van der Waals surface area contributed by atoms with Crippen LogP contribution in [-0.2, 0) is 4.74 Å². The van der Waals surface area contributed by atoms with Crippen LogP contribution in [0, 0.1) is 5.82 Å². The smallest absolute Gasteiger partial charge is 0.354 e. The normalized spacial score (nSPS) is 10.6. The lowest BCUT2D eigenvalue weighted by Crippen LogP contribution is -2.04. The number of anilines is 2. The first kappa shape index (κ1) is 15.9. The van der Waals surface area contributed by atoms with Crippen LogP contribution in [-0.4, -0.2) is 24.7 Å². The number of nitrogens with one attached hydrogen (secondary N) is 2. The lowest BCUT2D eigenvalue weighted by atomic mass is 10.2. The first-order valence-corrected chi connectivity index (χ1v) is 7.51. The molecule has 0 aliphatic rings. The fourth-order valence-corrected chi connectivity index (χ4v) is 2.48.